The zero-order valence-electron chi connectivity index (χ0n) is 14.2. The van der Waals surface area contributed by atoms with Crippen LogP contribution in [0.25, 0.3) is 0 Å². The quantitative estimate of drug-likeness (QED) is 0.834. The molecule has 0 spiro atoms. The zero-order chi connectivity index (χ0) is 18.7. The first-order valence-electron chi connectivity index (χ1n) is 8.16. The lowest BCUT2D eigenvalue weighted by atomic mass is 10.2. The average molecular weight is 365 g/mol. The Bertz CT molecular complexity index is 774. The number of hydrogen-bond acceptors (Lipinski definition) is 5. The Labute approximate surface area is 148 Å². The lowest BCUT2D eigenvalue weighted by molar-refractivity contribution is -0.141. The number of aryl methyl sites for hydroxylation is 1. The van der Waals surface area contributed by atoms with Crippen molar-refractivity contribution in [1.82, 2.24) is 24.8 Å². The van der Waals surface area contributed by atoms with Crippen molar-refractivity contribution in [2.75, 3.05) is 26.2 Å². The van der Waals surface area contributed by atoms with E-state index in [4.69, 9.17) is 0 Å². The van der Waals surface area contributed by atoms with E-state index < -0.39 is 17.8 Å². The molecule has 2 aromatic heterocycles. The first kappa shape index (κ1) is 18.2. The Morgan fingerprint density at radius 1 is 1.12 bits per heavy atom. The molecule has 6 nitrogen and oxygen atoms in total. The van der Waals surface area contributed by atoms with Crippen molar-refractivity contribution >= 4 is 5.91 Å². The number of aromatic nitrogens is 3. The number of halogens is 3. The van der Waals surface area contributed by atoms with Crippen LogP contribution in [-0.4, -0.2) is 56.8 Å². The molecule has 3 heterocycles. The van der Waals surface area contributed by atoms with Gasteiger partial charge in [-0.1, -0.05) is 0 Å². The van der Waals surface area contributed by atoms with Gasteiger partial charge in [0, 0.05) is 51.2 Å². The van der Waals surface area contributed by atoms with Crippen LogP contribution in [0.15, 0.2) is 30.6 Å². The van der Waals surface area contributed by atoms with E-state index in [2.05, 4.69) is 19.9 Å². The third-order valence-corrected chi connectivity index (χ3v) is 4.16. The Kier molecular flexibility index (Phi) is 5.17. The van der Waals surface area contributed by atoms with Crippen LogP contribution in [0.3, 0.4) is 0 Å². The SMILES string of the molecule is Cc1nc(C(=O)N2CCN(Cc3ccncc3)CC2)cc(C(F)(F)F)n1. The van der Waals surface area contributed by atoms with Gasteiger partial charge in [-0.15, -0.1) is 0 Å². The minimum absolute atomic E-state index is 0.0699. The molecule has 1 aliphatic rings. The molecule has 0 bridgehead atoms. The standard InChI is InChI=1S/C17H18F3N5O/c1-12-22-14(10-15(23-12)17(18,19)20)16(26)25-8-6-24(7-9-25)11-13-2-4-21-5-3-13/h2-5,10H,6-9,11H2,1H3. The molecule has 0 N–H and O–H groups in total. The molecule has 0 aromatic carbocycles. The number of carbonyl (C=O) groups is 1. The van der Waals surface area contributed by atoms with Crippen LogP contribution in [-0.2, 0) is 12.7 Å². The van der Waals surface area contributed by atoms with E-state index in [1.54, 1.807) is 12.4 Å². The molecular formula is C17H18F3N5O. The number of rotatable bonds is 3. The molecule has 0 aliphatic carbocycles. The van der Waals surface area contributed by atoms with Gasteiger partial charge in [-0.25, -0.2) is 9.97 Å². The van der Waals surface area contributed by atoms with E-state index in [-0.39, 0.29) is 11.5 Å². The van der Waals surface area contributed by atoms with E-state index in [9.17, 15) is 18.0 Å². The highest BCUT2D eigenvalue weighted by atomic mass is 19.4. The third-order valence-electron chi connectivity index (χ3n) is 4.16. The molecule has 138 valence electrons. The topological polar surface area (TPSA) is 62.2 Å². The van der Waals surface area contributed by atoms with Crippen LogP contribution in [0.2, 0.25) is 0 Å². The largest absolute Gasteiger partial charge is 0.433 e. The van der Waals surface area contributed by atoms with Crippen LogP contribution in [0.1, 0.15) is 27.6 Å². The van der Waals surface area contributed by atoms with Crippen molar-refractivity contribution in [1.29, 1.82) is 0 Å². The maximum absolute atomic E-state index is 12.9. The van der Waals surface area contributed by atoms with Crippen LogP contribution in [0, 0.1) is 6.92 Å². The summed E-state index contributed by atoms with van der Waals surface area (Å²) in [5.41, 5.74) is -0.182. The van der Waals surface area contributed by atoms with Gasteiger partial charge in [0.15, 0.2) is 0 Å². The van der Waals surface area contributed by atoms with Crippen molar-refractivity contribution in [2.45, 2.75) is 19.6 Å². The molecule has 2 aromatic rings. The van der Waals surface area contributed by atoms with Gasteiger partial charge < -0.3 is 4.90 Å². The lowest BCUT2D eigenvalue weighted by Crippen LogP contribution is -2.48. The van der Waals surface area contributed by atoms with Crippen molar-refractivity contribution in [3.63, 3.8) is 0 Å². The molecule has 0 unspecified atom stereocenters. The van der Waals surface area contributed by atoms with Gasteiger partial charge in [-0.3, -0.25) is 14.7 Å². The first-order chi connectivity index (χ1) is 12.3. The van der Waals surface area contributed by atoms with Gasteiger partial charge in [0.2, 0.25) is 0 Å². The van der Waals surface area contributed by atoms with Gasteiger partial charge in [-0.05, 0) is 24.6 Å². The highest BCUT2D eigenvalue weighted by molar-refractivity contribution is 5.92. The summed E-state index contributed by atoms with van der Waals surface area (Å²) in [5.74, 6) is -0.566. The summed E-state index contributed by atoms with van der Waals surface area (Å²) >= 11 is 0. The molecule has 0 radical (unpaired) electrons. The molecule has 1 saturated heterocycles. The van der Waals surface area contributed by atoms with Crippen molar-refractivity contribution in [2.24, 2.45) is 0 Å². The maximum Gasteiger partial charge on any atom is 0.433 e. The van der Waals surface area contributed by atoms with Gasteiger partial charge >= 0.3 is 6.18 Å². The Balaban J connectivity index is 1.64. The second-order valence-electron chi connectivity index (χ2n) is 6.11. The van der Waals surface area contributed by atoms with Crippen LogP contribution >= 0.6 is 0 Å². The molecule has 0 atom stereocenters. The van der Waals surface area contributed by atoms with E-state index in [0.29, 0.717) is 26.2 Å². The Hall–Kier alpha value is -2.55. The number of alkyl halides is 3. The smallest absolute Gasteiger partial charge is 0.335 e. The fourth-order valence-corrected chi connectivity index (χ4v) is 2.84. The van der Waals surface area contributed by atoms with Crippen LogP contribution < -0.4 is 0 Å². The Morgan fingerprint density at radius 3 is 2.38 bits per heavy atom. The first-order valence-corrected chi connectivity index (χ1v) is 8.16. The van der Waals surface area contributed by atoms with Gasteiger partial charge in [0.1, 0.15) is 17.2 Å². The number of carbonyl (C=O) groups excluding carboxylic acids is 1. The monoisotopic (exact) mass is 365 g/mol. The molecule has 9 heteroatoms. The predicted molar refractivity (Wildman–Crippen MR) is 87.2 cm³/mol. The molecule has 3 rings (SSSR count). The maximum atomic E-state index is 12.9. The highest BCUT2D eigenvalue weighted by Crippen LogP contribution is 2.28. The van der Waals surface area contributed by atoms with E-state index in [1.807, 2.05) is 12.1 Å². The zero-order valence-corrected chi connectivity index (χ0v) is 14.2. The van der Waals surface area contributed by atoms with Crippen LogP contribution in [0.5, 0.6) is 0 Å². The van der Waals surface area contributed by atoms with E-state index in [1.165, 1.54) is 11.8 Å². The summed E-state index contributed by atoms with van der Waals surface area (Å²) in [7, 11) is 0. The summed E-state index contributed by atoms with van der Waals surface area (Å²) in [5, 5.41) is 0. The number of amides is 1. The summed E-state index contributed by atoms with van der Waals surface area (Å²) in [4.78, 5) is 27.5. The number of nitrogens with zero attached hydrogens (tertiary/aromatic N) is 5. The molecule has 26 heavy (non-hydrogen) atoms. The minimum atomic E-state index is -4.61. The van der Waals surface area contributed by atoms with E-state index in [0.717, 1.165) is 18.2 Å². The fraction of sp³-hybridized carbons (Fsp3) is 0.412. The van der Waals surface area contributed by atoms with Crippen molar-refractivity contribution in [3.05, 3.63) is 53.4 Å². The predicted octanol–water partition coefficient (Wildman–Crippen LogP) is 2.16. The van der Waals surface area contributed by atoms with E-state index >= 15 is 0 Å². The van der Waals surface area contributed by atoms with Gasteiger partial charge in [-0.2, -0.15) is 13.2 Å². The molecule has 0 saturated carbocycles. The molecule has 1 fully saturated rings. The van der Waals surface area contributed by atoms with Crippen LogP contribution in [0.4, 0.5) is 13.2 Å². The summed E-state index contributed by atoms with van der Waals surface area (Å²) in [6, 6.07) is 4.58. The Morgan fingerprint density at radius 2 is 1.77 bits per heavy atom. The molecule has 1 aliphatic heterocycles. The highest BCUT2D eigenvalue weighted by Gasteiger charge is 2.34. The minimum Gasteiger partial charge on any atom is -0.335 e. The number of hydrogen-bond donors (Lipinski definition) is 0. The molecule has 1 amide bonds. The third kappa shape index (κ3) is 4.34. The summed E-state index contributed by atoms with van der Waals surface area (Å²) in [6.07, 6.45) is -1.15. The average Bonchev–Trinajstić information content (AvgIpc) is 2.61. The summed E-state index contributed by atoms with van der Waals surface area (Å²) < 4.78 is 38.7. The second kappa shape index (κ2) is 7.36. The fourth-order valence-electron chi connectivity index (χ4n) is 2.84. The second-order valence-corrected chi connectivity index (χ2v) is 6.11. The number of piperazine rings is 1. The molecular weight excluding hydrogens is 347 g/mol. The summed E-state index contributed by atoms with van der Waals surface area (Å²) in [6.45, 7) is 4.26. The van der Waals surface area contributed by atoms with Gasteiger partial charge in [0.05, 0.1) is 0 Å². The number of pyridine rings is 1. The van der Waals surface area contributed by atoms with Crippen molar-refractivity contribution < 1.29 is 18.0 Å². The van der Waals surface area contributed by atoms with Crippen molar-refractivity contribution in [3.8, 4) is 0 Å². The lowest BCUT2D eigenvalue weighted by Gasteiger charge is -2.34. The van der Waals surface area contributed by atoms with Gasteiger partial charge in [0.25, 0.3) is 5.91 Å². The normalized spacial score (nSPS) is 15.9.